The fraction of sp³-hybridized carbons (Fsp3) is 0.100. The number of fused-ring (bicyclic) bond motifs is 1. The van der Waals surface area contributed by atoms with Gasteiger partial charge in [-0.1, -0.05) is 12.1 Å². The van der Waals surface area contributed by atoms with E-state index in [-0.39, 0.29) is 5.76 Å². The van der Waals surface area contributed by atoms with Gasteiger partial charge in [0, 0.05) is 0 Å². The van der Waals surface area contributed by atoms with Gasteiger partial charge in [-0.15, -0.1) is 0 Å². The van der Waals surface area contributed by atoms with Gasteiger partial charge < -0.3 is 9.52 Å². The lowest BCUT2D eigenvalue weighted by Gasteiger charge is -1.88. The SMILES string of the molecule is O=C(O)Cc1oc2ccccc2c1F. The summed E-state index contributed by atoms with van der Waals surface area (Å²) in [6, 6.07) is 6.53. The summed E-state index contributed by atoms with van der Waals surface area (Å²) in [5.74, 6) is -1.82. The van der Waals surface area contributed by atoms with E-state index in [2.05, 4.69) is 0 Å². The van der Waals surface area contributed by atoms with Crippen molar-refractivity contribution < 1.29 is 18.7 Å². The summed E-state index contributed by atoms with van der Waals surface area (Å²) in [6.45, 7) is 0. The largest absolute Gasteiger partial charge is 0.481 e. The van der Waals surface area contributed by atoms with E-state index in [1.54, 1.807) is 24.3 Å². The van der Waals surface area contributed by atoms with Crippen LogP contribution in [0.2, 0.25) is 0 Å². The molecule has 3 nitrogen and oxygen atoms in total. The van der Waals surface area contributed by atoms with Gasteiger partial charge in [-0.05, 0) is 12.1 Å². The van der Waals surface area contributed by atoms with Crippen LogP contribution in [0.15, 0.2) is 28.7 Å². The van der Waals surface area contributed by atoms with E-state index in [1.165, 1.54) is 0 Å². The number of furan rings is 1. The number of para-hydroxylation sites is 1. The van der Waals surface area contributed by atoms with Crippen LogP contribution in [-0.4, -0.2) is 11.1 Å². The van der Waals surface area contributed by atoms with Crippen molar-refractivity contribution >= 4 is 16.9 Å². The molecule has 0 amide bonds. The van der Waals surface area contributed by atoms with E-state index >= 15 is 0 Å². The first-order chi connectivity index (χ1) is 6.68. The molecule has 1 aromatic carbocycles. The summed E-state index contributed by atoms with van der Waals surface area (Å²) in [4.78, 5) is 10.4. The molecule has 4 heteroatoms. The molecule has 0 aliphatic heterocycles. The van der Waals surface area contributed by atoms with Crippen LogP contribution in [0.1, 0.15) is 5.76 Å². The normalized spacial score (nSPS) is 10.6. The van der Waals surface area contributed by atoms with E-state index in [0.29, 0.717) is 11.0 Å². The zero-order valence-corrected chi connectivity index (χ0v) is 7.16. The Bertz CT molecular complexity index is 487. The van der Waals surface area contributed by atoms with Crippen molar-refractivity contribution in [1.82, 2.24) is 0 Å². The smallest absolute Gasteiger partial charge is 0.311 e. The zero-order valence-electron chi connectivity index (χ0n) is 7.16. The third kappa shape index (κ3) is 1.35. The van der Waals surface area contributed by atoms with Gasteiger partial charge in [0.2, 0.25) is 0 Å². The highest BCUT2D eigenvalue weighted by atomic mass is 19.1. The highest BCUT2D eigenvalue weighted by Gasteiger charge is 2.15. The minimum atomic E-state index is -1.11. The van der Waals surface area contributed by atoms with E-state index in [0.717, 1.165) is 0 Å². The van der Waals surface area contributed by atoms with Gasteiger partial charge in [-0.25, -0.2) is 4.39 Å². The van der Waals surface area contributed by atoms with Crippen LogP contribution in [0.3, 0.4) is 0 Å². The molecule has 0 saturated heterocycles. The highest BCUT2D eigenvalue weighted by Crippen LogP contribution is 2.24. The highest BCUT2D eigenvalue weighted by molar-refractivity contribution is 5.80. The summed E-state index contributed by atoms with van der Waals surface area (Å²) in [5, 5.41) is 8.81. The topological polar surface area (TPSA) is 50.4 Å². The fourth-order valence-corrected chi connectivity index (χ4v) is 1.32. The number of rotatable bonds is 2. The molecule has 0 unspecified atom stereocenters. The zero-order chi connectivity index (χ0) is 10.1. The molecule has 1 N–H and O–H groups in total. The molecule has 14 heavy (non-hydrogen) atoms. The van der Waals surface area contributed by atoms with Crippen molar-refractivity contribution in [3.05, 3.63) is 35.8 Å². The molecule has 1 heterocycles. The Morgan fingerprint density at radius 2 is 2.14 bits per heavy atom. The second-order valence-corrected chi connectivity index (χ2v) is 2.91. The van der Waals surface area contributed by atoms with E-state index in [4.69, 9.17) is 9.52 Å². The Morgan fingerprint density at radius 3 is 2.79 bits per heavy atom. The number of halogens is 1. The number of hydrogen-bond acceptors (Lipinski definition) is 2. The van der Waals surface area contributed by atoms with Crippen molar-refractivity contribution in [2.24, 2.45) is 0 Å². The molecular formula is C10H7FO3. The Kier molecular flexibility index (Phi) is 1.96. The molecule has 0 bridgehead atoms. The van der Waals surface area contributed by atoms with Crippen molar-refractivity contribution in [3.8, 4) is 0 Å². The maximum atomic E-state index is 13.4. The second-order valence-electron chi connectivity index (χ2n) is 2.91. The number of carbonyl (C=O) groups is 1. The van der Waals surface area contributed by atoms with Crippen molar-refractivity contribution in [2.45, 2.75) is 6.42 Å². The summed E-state index contributed by atoms with van der Waals surface area (Å²) in [7, 11) is 0. The van der Waals surface area contributed by atoms with Crippen LogP contribution in [0, 0.1) is 5.82 Å². The fourth-order valence-electron chi connectivity index (χ4n) is 1.32. The van der Waals surface area contributed by atoms with Gasteiger partial charge in [-0.3, -0.25) is 4.79 Å². The molecule has 72 valence electrons. The Hall–Kier alpha value is -1.84. The second kappa shape index (κ2) is 3.14. The molecule has 2 aromatic rings. The number of benzene rings is 1. The Labute approximate surface area is 78.8 Å². The molecule has 0 spiro atoms. The van der Waals surface area contributed by atoms with Gasteiger partial charge >= 0.3 is 5.97 Å². The maximum Gasteiger partial charge on any atom is 0.311 e. The van der Waals surface area contributed by atoms with Gasteiger partial charge in [-0.2, -0.15) is 0 Å². The van der Waals surface area contributed by atoms with Crippen LogP contribution in [-0.2, 0) is 11.2 Å². The minimum Gasteiger partial charge on any atom is -0.481 e. The predicted molar refractivity (Wildman–Crippen MR) is 47.5 cm³/mol. The van der Waals surface area contributed by atoms with Crippen molar-refractivity contribution in [2.75, 3.05) is 0 Å². The molecular weight excluding hydrogens is 187 g/mol. The number of hydrogen-bond donors (Lipinski definition) is 1. The molecule has 1 aromatic heterocycles. The number of carboxylic acid groups (broad SMARTS) is 1. The average molecular weight is 194 g/mol. The van der Waals surface area contributed by atoms with Crippen LogP contribution >= 0.6 is 0 Å². The van der Waals surface area contributed by atoms with E-state index in [1.807, 2.05) is 0 Å². The Balaban J connectivity index is 2.57. The first kappa shape index (κ1) is 8.74. The van der Waals surface area contributed by atoms with Gasteiger partial charge in [0.25, 0.3) is 0 Å². The molecule has 0 aliphatic rings. The third-order valence-corrected chi connectivity index (χ3v) is 1.91. The van der Waals surface area contributed by atoms with Gasteiger partial charge in [0.05, 0.1) is 5.39 Å². The van der Waals surface area contributed by atoms with Crippen molar-refractivity contribution in [1.29, 1.82) is 0 Å². The van der Waals surface area contributed by atoms with Gasteiger partial charge in [0.1, 0.15) is 12.0 Å². The molecule has 0 fully saturated rings. The summed E-state index contributed by atoms with van der Waals surface area (Å²) < 4.78 is 18.5. The predicted octanol–water partition coefficient (Wildman–Crippen LogP) is 2.20. The quantitative estimate of drug-likeness (QED) is 0.797. The lowest BCUT2D eigenvalue weighted by Crippen LogP contribution is -1.99. The molecule has 0 saturated carbocycles. The molecule has 0 radical (unpaired) electrons. The molecule has 0 atom stereocenters. The third-order valence-electron chi connectivity index (χ3n) is 1.91. The van der Waals surface area contributed by atoms with Crippen LogP contribution in [0.25, 0.3) is 11.0 Å². The van der Waals surface area contributed by atoms with E-state index < -0.39 is 18.2 Å². The van der Waals surface area contributed by atoms with Crippen LogP contribution in [0.5, 0.6) is 0 Å². The van der Waals surface area contributed by atoms with Crippen LogP contribution in [0.4, 0.5) is 4.39 Å². The summed E-state index contributed by atoms with van der Waals surface area (Å²) >= 11 is 0. The van der Waals surface area contributed by atoms with Crippen molar-refractivity contribution in [3.63, 3.8) is 0 Å². The maximum absolute atomic E-state index is 13.4. The monoisotopic (exact) mass is 194 g/mol. The number of aliphatic carboxylic acids is 1. The number of carboxylic acids is 1. The molecule has 0 aliphatic carbocycles. The lowest BCUT2D eigenvalue weighted by atomic mass is 10.2. The summed E-state index contributed by atoms with van der Waals surface area (Å²) in [5.41, 5.74) is 0.376. The van der Waals surface area contributed by atoms with Gasteiger partial charge in [0.15, 0.2) is 11.6 Å². The lowest BCUT2D eigenvalue weighted by molar-refractivity contribution is -0.136. The minimum absolute atomic E-state index is 0.126. The first-order valence-corrected chi connectivity index (χ1v) is 4.06. The van der Waals surface area contributed by atoms with Crippen LogP contribution < -0.4 is 0 Å². The van der Waals surface area contributed by atoms with E-state index in [9.17, 15) is 9.18 Å². The first-order valence-electron chi connectivity index (χ1n) is 4.06. The standard InChI is InChI=1S/C10H7FO3/c11-10-6-3-1-2-4-7(6)14-8(10)5-9(12)13/h1-4H,5H2,(H,12,13). The average Bonchev–Trinajstić information content (AvgIpc) is 2.44. The summed E-state index contributed by atoms with van der Waals surface area (Å²) in [6.07, 6.45) is -0.430. The molecule has 2 rings (SSSR count). The Morgan fingerprint density at radius 1 is 1.43 bits per heavy atom.